The number of rotatable bonds is 4. The van der Waals surface area contributed by atoms with E-state index in [1.54, 1.807) is 0 Å². The van der Waals surface area contributed by atoms with E-state index in [1.165, 1.54) is 11.3 Å². The Balaban J connectivity index is 2.24. The van der Waals surface area contributed by atoms with E-state index in [0.717, 1.165) is 6.54 Å². The molecule has 0 bridgehead atoms. The lowest BCUT2D eigenvalue weighted by molar-refractivity contribution is 0.250. The summed E-state index contributed by atoms with van der Waals surface area (Å²) < 4.78 is 0.526. The molecule has 6 nitrogen and oxygen atoms in total. The topological polar surface area (TPSA) is 70.2 Å². The van der Waals surface area contributed by atoms with Gasteiger partial charge in [-0.1, -0.05) is 11.3 Å². The van der Waals surface area contributed by atoms with Gasteiger partial charge in [-0.3, -0.25) is 5.32 Å². The van der Waals surface area contributed by atoms with E-state index in [-0.39, 0.29) is 6.03 Å². The second-order valence-corrected chi connectivity index (χ2v) is 4.78. The fourth-order valence-corrected chi connectivity index (χ4v) is 1.58. The van der Waals surface area contributed by atoms with E-state index in [2.05, 4.69) is 33.5 Å². The van der Waals surface area contributed by atoms with Crippen LogP contribution in [-0.2, 0) is 0 Å². The van der Waals surface area contributed by atoms with Gasteiger partial charge in [-0.05, 0) is 14.1 Å². The molecule has 1 rings (SSSR count). The molecule has 0 saturated heterocycles. The molecule has 1 aromatic rings. The highest BCUT2D eigenvalue weighted by atomic mass is 32.2. The van der Waals surface area contributed by atoms with Crippen molar-refractivity contribution in [3.63, 3.8) is 0 Å². The van der Waals surface area contributed by atoms with Gasteiger partial charge in [-0.25, -0.2) is 4.79 Å². The van der Waals surface area contributed by atoms with Gasteiger partial charge < -0.3 is 10.2 Å². The van der Waals surface area contributed by atoms with Gasteiger partial charge in [0.15, 0.2) is 4.34 Å². The third-order valence-corrected chi connectivity index (χ3v) is 2.48. The summed E-state index contributed by atoms with van der Waals surface area (Å²) in [7, 11) is 3.88. The number of hydrogen-bond acceptors (Lipinski definition) is 6. The lowest BCUT2D eigenvalue weighted by atomic mass is 10.6. The molecule has 0 atom stereocenters. The largest absolute Gasteiger partial charge is 0.337 e. The van der Waals surface area contributed by atoms with Crippen LogP contribution in [0.4, 0.5) is 9.93 Å². The number of nitrogens with zero attached hydrogens (tertiary/aromatic N) is 3. The number of carbonyl (C=O) groups is 1. The minimum atomic E-state index is -0.277. The predicted octanol–water partition coefficient (Wildman–Crippen LogP) is 0.510. The zero-order valence-electron chi connectivity index (χ0n) is 8.52. The Morgan fingerprint density at radius 2 is 2.27 bits per heavy atom. The van der Waals surface area contributed by atoms with Crippen molar-refractivity contribution < 1.29 is 4.79 Å². The maximum atomic E-state index is 11.3. The standard InChI is InChI=1S/C7H13N5OS2/c1-12(2)4-3-8-5(13)9-6-10-11-7(14)15-6/h3-4H2,1-2H3,(H,11,14)(H2,8,9,10,13). The first kappa shape index (κ1) is 12.2. The number of likely N-dealkylation sites (N-methyl/N-ethyl adjacent to an activating group) is 1. The number of amides is 2. The molecule has 0 fully saturated rings. The van der Waals surface area contributed by atoms with Crippen molar-refractivity contribution in [1.82, 2.24) is 20.4 Å². The molecule has 2 N–H and O–H groups in total. The van der Waals surface area contributed by atoms with Crippen molar-refractivity contribution in [2.45, 2.75) is 4.34 Å². The maximum absolute atomic E-state index is 11.3. The second kappa shape index (κ2) is 5.89. The molecule has 1 aromatic heterocycles. The van der Waals surface area contributed by atoms with Crippen LogP contribution in [0.5, 0.6) is 0 Å². The number of thiol groups is 1. The lowest BCUT2D eigenvalue weighted by Crippen LogP contribution is -2.34. The summed E-state index contributed by atoms with van der Waals surface area (Å²) in [6.07, 6.45) is 0. The van der Waals surface area contributed by atoms with Gasteiger partial charge in [-0.15, -0.1) is 22.8 Å². The summed E-state index contributed by atoms with van der Waals surface area (Å²) in [5.41, 5.74) is 0. The van der Waals surface area contributed by atoms with Crippen LogP contribution in [0, 0.1) is 0 Å². The SMILES string of the molecule is CN(C)CCNC(=O)Nc1nnc(S)s1. The third kappa shape index (κ3) is 4.96. The molecule has 84 valence electrons. The number of hydrogen-bond donors (Lipinski definition) is 3. The summed E-state index contributed by atoms with van der Waals surface area (Å²) in [5, 5.41) is 13.1. The van der Waals surface area contributed by atoms with Crippen LogP contribution in [0.1, 0.15) is 0 Å². The smallest absolute Gasteiger partial charge is 0.321 e. The summed E-state index contributed by atoms with van der Waals surface area (Å²) in [6, 6.07) is -0.277. The number of aromatic nitrogens is 2. The number of anilines is 1. The Morgan fingerprint density at radius 1 is 1.53 bits per heavy atom. The Hall–Kier alpha value is -0.860. The van der Waals surface area contributed by atoms with Crippen LogP contribution in [0.3, 0.4) is 0 Å². The fourth-order valence-electron chi connectivity index (χ4n) is 0.800. The molecule has 0 radical (unpaired) electrons. The van der Waals surface area contributed by atoms with E-state index in [0.29, 0.717) is 16.0 Å². The second-order valence-electron chi connectivity index (χ2n) is 3.07. The van der Waals surface area contributed by atoms with Crippen molar-refractivity contribution >= 4 is 35.1 Å². The summed E-state index contributed by atoms with van der Waals surface area (Å²) in [5.74, 6) is 0. The van der Waals surface area contributed by atoms with Crippen molar-refractivity contribution in [2.75, 3.05) is 32.5 Å². The highest BCUT2D eigenvalue weighted by Crippen LogP contribution is 2.17. The molecule has 0 aliphatic heterocycles. The van der Waals surface area contributed by atoms with Crippen LogP contribution in [0.2, 0.25) is 0 Å². The Labute approximate surface area is 97.5 Å². The highest BCUT2D eigenvalue weighted by Gasteiger charge is 2.05. The molecule has 15 heavy (non-hydrogen) atoms. The van der Waals surface area contributed by atoms with Crippen LogP contribution in [-0.4, -0.2) is 48.3 Å². The van der Waals surface area contributed by atoms with E-state index >= 15 is 0 Å². The summed E-state index contributed by atoms with van der Waals surface area (Å²) in [6.45, 7) is 1.38. The van der Waals surface area contributed by atoms with Crippen molar-refractivity contribution in [1.29, 1.82) is 0 Å². The van der Waals surface area contributed by atoms with Gasteiger partial charge in [0.1, 0.15) is 0 Å². The minimum absolute atomic E-state index is 0.277. The van der Waals surface area contributed by atoms with Crippen molar-refractivity contribution in [3.05, 3.63) is 0 Å². The Bertz CT molecular complexity index is 327. The van der Waals surface area contributed by atoms with Gasteiger partial charge in [0.2, 0.25) is 5.13 Å². The van der Waals surface area contributed by atoms with Gasteiger partial charge in [-0.2, -0.15) is 0 Å². The molecular formula is C7H13N5OS2. The van der Waals surface area contributed by atoms with E-state index in [9.17, 15) is 4.79 Å². The van der Waals surface area contributed by atoms with Crippen molar-refractivity contribution in [2.24, 2.45) is 0 Å². The first-order chi connectivity index (χ1) is 7.08. The molecule has 1 heterocycles. The van der Waals surface area contributed by atoms with Crippen LogP contribution in [0.15, 0.2) is 4.34 Å². The Kier molecular flexibility index (Phi) is 4.79. The first-order valence-corrected chi connectivity index (χ1v) is 5.56. The maximum Gasteiger partial charge on any atom is 0.321 e. The average molecular weight is 247 g/mol. The van der Waals surface area contributed by atoms with Gasteiger partial charge >= 0.3 is 6.03 Å². The molecule has 0 saturated carbocycles. The average Bonchev–Trinajstić information content (AvgIpc) is 2.50. The lowest BCUT2D eigenvalue weighted by Gasteiger charge is -2.09. The summed E-state index contributed by atoms with van der Waals surface area (Å²) >= 11 is 5.21. The van der Waals surface area contributed by atoms with E-state index in [1.807, 2.05) is 19.0 Å². The number of carbonyl (C=O) groups excluding carboxylic acids is 1. The molecule has 0 unspecified atom stereocenters. The first-order valence-electron chi connectivity index (χ1n) is 4.30. The molecule has 2 amide bonds. The third-order valence-electron chi connectivity index (χ3n) is 1.48. The number of urea groups is 1. The predicted molar refractivity (Wildman–Crippen MR) is 62.7 cm³/mol. The molecule has 0 aromatic carbocycles. The molecular weight excluding hydrogens is 234 g/mol. The van der Waals surface area contributed by atoms with Gasteiger partial charge in [0, 0.05) is 13.1 Å². The Morgan fingerprint density at radius 3 is 2.80 bits per heavy atom. The zero-order chi connectivity index (χ0) is 11.3. The fraction of sp³-hybridized carbons (Fsp3) is 0.571. The van der Waals surface area contributed by atoms with Gasteiger partial charge in [0.25, 0.3) is 0 Å². The minimum Gasteiger partial charge on any atom is -0.337 e. The monoisotopic (exact) mass is 247 g/mol. The zero-order valence-corrected chi connectivity index (χ0v) is 10.2. The van der Waals surface area contributed by atoms with E-state index in [4.69, 9.17) is 0 Å². The molecule has 0 aliphatic carbocycles. The molecule has 0 aliphatic rings. The van der Waals surface area contributed by atoms with Gasteiger partial charge in [0.05, 0.1) is 0 Å². The van der Waals surface area contributed by atoms with Crippen LogP contribution >= 0.6 is 24.0 Å². The normalized spacial score (nSPS) is 10.4. The van der Waals surface area contributed by atoms with Crippen molar-refractivity contribution in [3.8, 4) is 0 Å². The van der Waals surface area contributed by atoms with E-state index < -0.39 is 0 Å². The molecule has 8 heteroatoms. The van der Waals surface area contributed by atoms with Crippen LogP contribution < -0.4 is 10.6 Å². The molecule has 0 spiro atoms. The summed E-state index contributed by atoms with van der Waals surface area (Å²) in [4.78, 5) is 13.3. The number of nitrogens with one attached hydrogen (secondary N) is 2. The van der Waals surface area contributed by atoms with Crippen LogP contribution in [0.25, 0.3) is 0 Å². The highest BCUT2D eigenvalue weighted by molar-refractivity contribution is 7.82. The quantitative estimate of drug-likeness (QED) is 0.535.